The van der Waals surface area contributed by atoms with E-state index in [-0.39, 0.29) is 6.04 Å². The van der Waals surface area contributed by atoms with Gasteiger partial charge in [0.1, 0.15) is 0 Å². The highest BCUT2D eigenvalue weighted by molar-refractivity contribution is 5.60. The van der Waals surface area contributed by atoms with Gasteiger partial charge < -0.3 is 4.90 Å². The highest BCUT2D eigenvalue weighted by atomic mass is 15.2. The Hall–Kier alpha value is -3.32. The zero-order valence-corrected chi connectivity index (χ0v) is 19.0. The Morgan fingerprint density at radius 3 is 2.65 bits per heavy atom. The molecule has 1 heteroatoms. The van der Waals surface area contributed by atoms with Crippen molar-refractivity contribution in [1.29, 1.82) is 0 Å². The third-order valence-electron chi connectivity index (χ3n) is 5.62. The first-order valence-electron chi connectivity index (χ1n) is 11.1. The van der Waals surface area contributed by atoms with Crippen molar-refractivity contribution < 1.29 is 0 Å². The molecule has 1 atom stereocenters. The van der Waals surface area contributed by atoms with Gasteiger partial charge in [-0.2, -0.15) is 0 Å². The molecule has 0 N–H and O–H groups in total. The maximum absolute atomic E-state index is 4.32. The van der Waals surface area contributed by atoms with Crippen molar-refractivity contribution in [2.24, 2.45) is 0 Å². The van der Waals surface area contributed by atoms with Crippen LogP contribution >= 0.6 is 0 Å². The summed E-state index contributed by atoms with van der Waals surface area (Å²) in [5, 5.41) is 0. The van der Waals surface area contributed by atoms with E-state index in [2.05, 4.69) is 135 Å². The van der Waals surface area contributed by atoms with Gasteiger partial charge in [-0.05, 0) is 61.1 Å². The van der Waals surface area contributed by atoms with E-state index in [4.69, 9.17) is 0 Å². The van der Waals surface area contributed by atoms with E-state index >= 15 is 0 Å². The molecular formula is C30H33N. The molecule has 0 saturated carbocycles. The lowest BCUT2D eigenvalue weighted by Gasteiger charge is -2.33. The summed E-state index contributed by atoms with van der Waals surface area (Å²) in [6, 6.07) is 10.7. The zero-order valence-electron chi connectivity index (χ0n) is 19.0. The molecule has 0 heterocycles. The smallest absolute Gasteiger partial charge is 0.0709 e. The number of hydrogen-bond donors (Lipinski definition) is 0. The third kappa shape index (κ3) is 5.64. The van der Waals surface area contributed by atoms with Crippen molar-refractivity contribution in [2.45, 2.75) is 39.7 Å². The van der Waals surface area contributed by atoms with Gasteiger partial charge in [-0.25, -0.2) is 0 Å². The normalized spacial score (nSPS) is 20.6. The number of anilines is 1. The van der Waals surface area contributed by atoms with Gasteiger partial charge in [-0.3, -0.25) is 0 Å². The summed E-state index contributed by atoms with van der Waals surface area (Å²) >= 11 is 0. The minimum Gasteiger partial charge on any atom is -0.335 e. The Kier molecular flexibility index (Phi) is 8.06. The molecule has 0 spiro atoms. The van der Waals surface area contributed by atoms with Crippen LogP contribution in [0.5, 0.6) is 0 Å². The number of allylic oxidation sites excluding steroid dienone is 15. The van der Waals surface area contributed by atoms with Crippen LogP contribution in [0.2, 0.25) is 0 Å². The van der Waals surface area contributed by atoms with Crippen LogP contribution in [0.4, 0.5) is 5.69 Å². The van der Waals surface area contributed by atoms with Crippen molar-refractivity contribution in [3.05, 3.63) is 138 Å². The number of nitrogens with zero attached hydrogens (tertiary/aromatic N) is 1. The Morgan fingerprint density at radius 2 is 1.90 bits per heavy atom. The molecule has 0 saturated heterocycles. The van der Waals surface area contributed by atoms with Crippen molar-refractivity contribution in [1.82, 2.24) is 0 Å². The lowest BCUT2D eigenvalue weighted by Crippen LogP contribution is -2.31. The van der Waals surface area contributed by atoms with Crippen LogP contribution in [-0.2, 0) is 0 Å². The van der Waals surface area contributed by atoms with Gasteiger partial charge in [0, 0.05) is 11.4 Å². The lowest BCUT2D eigenvalue weighted by molar-refractivity contribution is 0.869. The van der Waals surface area contributed by atoms with E-state index in [0.717, 1.165) is 18.4 Å². The Morgan fingerprint density at radius 1 is 1.10 bits per heavy atom. The second-order valence-electron chi connectivity index (χ2n) is 7.70. The van der Waals surface area contributed by atoms with Crippen LogP contribution in [0.15, 0.2) is 138 Å². The second-order valence-corrected chi connectivity index (χ2v) is 7.70. The van der Waals surface area contributed by atoms with Gasteiger partial charge in [0.15, 0.2) is 0 Å². The quantitative estimate of drug-likeness (QED) is 0.430. The molecule has 0 bridgehead atoms. The van der Waals surface area contributed by atoms with Crippen molar-refractivity contribution in [3.63, 3.8) is 0 Å². The number of rotatable bonds is 6. The molecule has 0 amide bonds. The fourth-order valence-electron chi connectivity index (χ4n) is 3.93. The van der Waals surface area contributed by atoms with Crippen molar-refractivity contribution in [2.75, 3.05) is 4.90 Å². The fraction of sp³-hybridized carbons (Fsp3) is 0.200. The van der Waals surface area contributed by atoms with E-state index < -0.39 is 0 Å². The van der Waals surface area contributed by atoms with Crippen molar-refractivity contribution >= 4 is 5.69 Å². The van der Waals surface area contributed by atoms with Crippen LogP contribution < -0.4 is 4.90 Å². The average Bonchev–Trinajstić information content (AvgIpc) is 3.16. The molecular weight excluding hydrogens is 374 g/mol. The highest BCUT2D eigenvalue weighted by Gasteiger charge is 2.20. The van der Waals surface area contributed by atoms with E-state index in [1.807, 2.05) is 0 Å². The number of para-hydroxylation sites is 1. The standard InChI is InChI=1S/C30H33N/c1-5-7-16-26(6-2)27-17-14-20-29(23-22-27)31(28-18-11-9-12-19-28)25(4)30-21-13-8-10-15-24(30)3/h6-20,22-23,29H,3,5,21H2,1-2,4H3/b16-7-,26-6+,30-25+. The van der Waals surface area contributed by atoms with Crippen LogP contribution in [0, 0.1) is 0 Å². The first-order chi connectivity index (χ1) is 15.2. The van der Waals surface area contributed by atoms with E-state index in [0.29, 0.717) is 0 Å². The summed E-state index contributed by atoms with van der Waals surface area (Å²) in [4.78, 5) is 2.41. The molecule has 31 heavy (non-hydrogen) atoms. The summed E-state index contributed by atoms with van der Waals surface area (Å²) in [7, 11) is 0. The lowest BCUT2D eigenvalue weighted by atomic mass is 10.0. The highest BCUT2D eigenvalue weighted by Crippen LogP contribution is 2.31. The summed E-state index contributed by atoms with van der Waals surface area (Å²) in [6.45, 7) is 10.8. The van der Waals surface area contributed by atoms with Crippen LogP contribution in [-0.4, -0.2) is 6.04 Å². The molecule has 1 unspecified atom stereocenters. The Bertz CT molecular complexity index is 1020. The molecule has 0 fully saturated rings. The fourth-order valence-corrected chi connectivity index (χ4v) is 3.93. The summed E-state index contributed by atoms with van der Waals surface area (Å²) in [5.74, 6) is 0. The Labute approximate surface area is 188 Å². The van der Waals surface area contributed by atoms with Gasteiger partial charge in [0.2, 0.25) is 0 Å². The zero-order chi connectivity index (χ0) is 22.1. The predicted octanol–water partition coefficient (Wildman–Crippen LogP) is 8.17. The molecule has 3 rings (SSSR count). The molecule has 0 aliphatic heterocycles. The van der Waals surface area contributed by atoms with Gasteiger partial charge >= 0.3 is 0 Å². The van der Waals surface area contributed by atoms with Gasteiger partial charge in [0.05, 0.1) is 6.04 Å². The number of benzene rings is 1. The average molecular weight is 408 g/mol. The van der Waals surface area contributed by atoms with Crippen LogP contribution in [0.3, 0.4) is 0 Å². The van der Waals surface area contributed by atoms with Gasteiger partial charge in [0.25, 0.3) is 0 Å². The molecule has 158 valence electrons. The maximum atomic E-state index is 4.32. The topological polar surface area (TPSA) is 3.24 Å². The summed E-state index contributed by atoms with van der Waals surface area (Å²) in [5.41, 5.74) is 7.23. The second kappa shape index (κ2) is 11.2. The molecule has 2 aliphatic carbocycles. The first kappa shape index (κ1) is 22.4. The third-order valence-corrected chi connectivity index (χ3v) is 5.62. The maximum Gasteiger partial charge on any atom is 0.0709 e. The molecule has 1 aromatic rings. The summed E-state index contributed by atoms with van der Waals surface area (Å²) < 4.78 is 0. The largest absolute Gasteiger partial charge is 0.335 e. The monoisotopic (exact) mass is 407 g/mol. The minimum absolute atomic E-state index is 0.112. The molecule has 0 radical (unpaired) electrons. The number of hydrogen-bond acceptors (Lipinski definition) is 1. The molecule has 1 nitrogen and oxygen atoms in total. The molecule has 1 aromatic carbocycles. The molecule has 2 aliphatic rings. The van der Waals surface area contributed by atoms with E-state index in [9.17, 15) is 0 Å². The predicted molar refractivity (Wildman–Crippen MR) is 137 cm³/mol. The van der Waals surface area contributed by atoms with Crippen LogP contribution in [0.25, 0.3) is 0 Å². The van der Waals surface area contributed by atoms with Gasteiger partial charge in [-0.15, -0.1) is 0 Å². The SMILES string of the molecule is C=C1C=CC=CC/C1=C(/C)N(c1ccccc1)C1C=CC=C(C(/C=C\CC)=C/C)C=C1. The first-order valence-corrected chi connectivity index (χ1v) is 11.1. The minimum atomic E-state index is 0.112. The van der Waals surface area contributed by atoms with E-state index in [1.165, 1.54) is 28.1 Å². The van der Waals surface area contributed by atoms with Crippen molar-refractivity contribution in [3.8, 4) is 0 Å². The van der Waals surface area contributed by atoms with Gasteiger partial charge in [-0.1, -0.05) is 105 Å². The molecule has 0 aromatic heterocycles. The van der Waals surface area contributed by atoms with E-state index in [1.54, 1.807) is 0 Å². The van der Waals surface area contributed by atoms with Crippen LogP contribution in [0.1, 0.15) is 33.6 Å². The summed E-state index contributed by atoms with van der Waals surface area (Å²) in [6.07, 6.45) is 28.2. The Balaban J connectivity index is 2.02.